The van der Waals surface area contributed by atoms with E-state index in [1.54, 1.807) is 4.90 Å². The molecule has 1 aromatic carbocycles. The van der Waals surface area contributed by atoms with Crippen molar-refractivity contribution >= 4 is 17.5 Å². The van der Waals surface area contributed by atoms with Gasteiger partial charge in [0.2, 0.25) is 0 Å². The Morgan fingerprint density at radius 1 is 1.05 bits per heavy atom. The first-order valence-corrected chi connectivity index (χ1v) is 8.19. The van der Waals surface area contributed by atoms with Crippen molar-refractivity contribution in [3.8, 4) is 0 Å². The van der Waals surface area contributed by atoms with Crippen LogP contribution in [-0.4, -0.2) is 29.8 Å². The Morgan fingerprint density at radius 2 is 1.68 bits per heavy atom. The molecule has 0 aliphatic carbocycles. The molecule has 0 atom stereocenters. The molecule has 0 spiro atoms. The molecule has 0 heterocycles. The molecule has 0 fully saturated rings. The van der Waals surface area contributed by atoms with E-state index in [4.69, 9.17) is 0 Å². The van der Waals surface area contributed by atoms with E-state index >= 15 is 0 Å². The molecule has 0 aromatic heterocycles. The number of anilines is 1. The second kappa shape index (κ2) is 9.23. The summed E-state index contributed by atoms with van der Waals surface area (Å²) in [5.74, 6) is -0.550. The third-order valence-corrected chi connectivity index (χ3v) is 3.59. The van der Waals surface area contributed by atoms with Gasteiger partial charge in [0.05, 0.1) is 0 Å². The van der Waals surface area contributed by atoms with Crippen LogP contribution in [0, 0.1) is 0 Å². The van der Waals surface area contributed by atoms with Crippen LogP contribution in [-0.2, 0) is 9.59 Å². The van der Waals surface area contributed by atoms with E-state index < -0.39 is 11.8 Å². The summed E-state index contributed by atoms with van der Waals surface area (Å²) in [6.45, 7) is 9.59. The molecule has 0 unspecified atom stereocenters. The van der Waals surface area contributed by atoms with Crippen LogP contribution in [0.5, 0.6) is 0 Å². The Morgan fingerprint density at radius 3 is 2.18 bits per heavy atom. The summed E-state index contributed by atoms with van der Waals surface area (Å²) in [4.78, 5) is 26.0. The number of rotatable bonds is 7. The number of unbranched alkanes of at least 4 members (excludes halogenated alkanes) is 1. The maximum Gasteiger partial charge on any atom is 0.313 e. The number of hydrogen-bond acceptors (Lipinski definition) is 2. The van der Waals surface area contributed by atoms with Gasteiger partial charge in [-0.05, 0) is 36.5 Å². The van der Waals surface area contributed by atoms with Gasteiger partial charge in [-0.25, -0.2) is 0 Å². The summed E-state index contributed by atoms with van der Waals surface area (Å²) in [5, 5.41) is 2.69. The first-order chi connectivity index (χ1) is 10.5. The molecular formula is C18H28N2O2. The van der Waals surface area contributed by atoms with Crippen LogP contribution in [0.1, 0.15) is 58.4 Å². The van der Waals surface area contributed by atoms with E-state index in [2.05, 4.69) is 26.1 Å². The first-order valence-electron chi connectivity index (χ1n) is 8.19. The molecule has 4 heteroatoms. The lowest BCUT2D eigenvalue weighted by atomic mass is 10.0. The lowest BCUT2D eigenvalue weighted by Gasteiger charge is -2.21. The van der Waals surface area contributed by atoms with E-state index in [1.165, 1.54) is 5.56 Å². The van der Waals surface area contributed by atoms with Crippen molar-refractivity contribution in [3.63, 3.8) is 0 Å². The third kappa shape index (κ3) is 5.51. The van der Waals surface area contributed by atoms with Gasteiger partial charge in [0.1, 0.15) is 0 Å². The van der Waals surface area contributed by atoms with Gasteiger partial charge in [0.25, 0.3) is 0 Å². The predicted octanol–water partition coefficient (Wildman–Crippen LogP) is 3.79. The van der Waals surface area contributed by atoms with E-state index in [0.29, 0.717) is 24.7 Å². The van der Waals surface area contributed by atoms with Crippen molar-refractivity contribution in [1.29, 1.82) is 0 Å². The maximum atomic E-state index is 12.2. The zero-order valence-electron chi connectivity index (χ0n) is 14.2. The summed E-state index contributed by atoms with van der Waals surface area (Å²) < 4.78 is 0. The van der Waals surface area contributed by atoms with Crippen molar-refractivity contribution in [2.45, 2.75) is 52.9 Å². The molecule has 22 heavy (non-hydrogen) atoms. The lowest BCUT2D eigenvalue weighted by Crippen LogP contribution is -2.40. The summed E-state index contributed by atoms with van der Waals surface area (Å²) in [6.07, 6.45) is 2.78. The van der Waals surface area contributed by atoms with Gasteiger partial charge in [0.15, 0.2) is 0 Å². The molecule has 4 nitrogen and oxygen atoms in total. The predicted molar refractivity (Wildman–Crippen MR) is 90.9 cm³/mol. The second-order valence-corrected chi connectivity index (χ2v) is 5.88. The van der Waals surface area contributed by atoms with E-state index in [0.717, 1.165) is 19.3 Å². The lowest BCUT2D eigenvalue weighted by molar-refractivity contribution is -0.143. The molecule has 0 bridgehead atoms. The fraction of sp³-hybridized carbons (Fsp3) is 0.556. The van der Waals surface area contributed by atoms with Crippen molar-refractivity contribution in [3.05, 3.63) is 29.8 Å². The van der Waals surface area contributed by atoms with E-state index in [9.17, 15) is 9.59 Å². The third-order valence-electron chi connectivity index (χ3n) is 3.59. The Kier molecular flexibility index (Phi) is 7.64. The van der Waals surface area contributed by atoms with Crippen LogP contribution in [0.3, 0.4) is 0 Å². The highest BCUT2D eigenvalue weighted by atomic mass is 16.2. The van der Waals surface area contributed by atoms with Crippen LogP contribution < -0.4 is 5.32 Å². The Bertz CT molecular complexity index is 480. The SMILES string of the molecule is CCCCN(CCC)C(=O)C(=O)Nc1ccc(C(C)C)cc1. The Hall–Kier alpha value is -1.84. The number of carbonyl (C=O) groups excluding carboxylic acids is 2. The largest absolute Gasteiger partial charge is 0.334 e. The van der Waals surface area contributed by atoms with Gasteiger partial charge in [0, 0.05) is 18.8 Å². The molecule has 0 saturated carbocycles. The van der Waals surface area contributed by atoms with Crippen molar-refractivity contribution in [2.24, 2.45) is 0 Å². The van der Waals surface area contributed by atoms with Gasteiger partial charge in [-0.2, -0.15) is 0 Å². The Labute approximate surface area is 133 Å². The van der Waals surface area contributed by atoms with Crippen LogP contribution in [0.25, 0.3) is 0 Å². The molecule has 1 rings (SSSR count). The minimum absolute atomic E-state index is 0.441. The van der Waals surface area contributed by atoms with E-state index in [-0.39, 0.29) is 0 Å². The fourth-order valence-electron chi connectivity index (χ4n) is 2.21. The minimum Gasteiger partial charge on any atom is -0.334 e. The van der Waals surface area contributed by atoms with Crippen molar-refractivity contribution in [1.82, 2.24) is 4.90 Å². The topological polar surface area (TPSA) is 49.4 Å². The molecule has 122 valence electrons. The highest BCUT2D eigenvalue weighted by Crippen LogP contribution is 2.17. The molecular weight excluding hydrogens is 276 g/mol. The molecule has 0 saturated heterocycles. The summed E-state index contributed by atoms with van der Waals surface area (Å²) >= 11 is 0. The summed E-state index contributed by atoms with van der Waals surface area (Å²) in [6, 6.07) is 7.64. The monoisotopic (exact) mass is 304 g/mol. The highest BCUT2D eigenvalue weighted by molar-refractivity contribution is 6.39. The molecule has 1 aromatic rings. The second-order valence-electron chi connectivity index (χ2n) is 5.88. The van der Waals surface area contributed by atoms with Gasteiger partial charge in [-0.15, -0.1) is 0 Å². The molecule has 0 aliphatic heterocycles. The zero-order valence-corrected chi connectivity index (χ0v) is 14.2. The van der Waals surface area contributed by atoms with Crippen LogP contribution in [0.2, 0.25) is 0 Å². The number of nitrogens with zero attached hydrogens (tertiary/aromatic N) is 1. The molecule has 0 radical (unpaired) electrons. The van der Waals surface area contributed by atoms with Gasteiger partial charge in [-0.3, -0.25) is 9.59 Å². The number of hydrogen-bond donors (Lipinski definition) is 1. The van der Waals surface area contributed by atoms with Crippen molar-refractivity contribution in [2.75, 3.05) is 18.4 Å². The van der Waals surface area contributed by atoms with Crippen LogP contribution >= 0.6 is 0 Å². The van der Waals surface area contributed by atoms with Gasteiger partial charge in [-0.1, -0.05) is 46.2 Å². The molecule has 1 N–H and O–H groups in total. The quantitative estimate of drug-likeness (QED) is 0.779. The zero-order chi connectivity index (χ0) is 16.5. The van der Waals surface area contributed by atoms with Crippen LogP contribution in [0.15, 0.2) is 24.3 Å². The van der Waals surface area contributed by atoms with Crippen molar-refractivity contribution < 1.29 is 9.59 Å². The average Bonchev–Trinajstić information content (AvgIpc) is 2.51. The van der Waals surface area contributed by atoms with E-state index in [1.807, 2.05) is 31.2 Å². The smallest absolute Gasteiger partial charge is 0.313 e. The summed E-state index contributed by atoms with van der Waals surface area (Å²) in [7, 11) is 0. The maximum absolute atomic E-state index is 12.2. The highest BCUT2D eigenvalue weighted by Gasteiger charge is 2.20. The minimum atomic E-state index is -0.554. The van der Waals surface area contributed by atoms with Gasteiger partial charge < -0.3 is 10.2 Å². The van der Waals surface area contributed by atoms with Gasteiger partial charge >= 0.3 is 11.8 Å². The fourth-order valence-corrected chi connectivity index (χ4v) is 2.21. The Balaban J connectivity index is 2.66. The average molecular weight is 304 g/mol. The molecule has 2 amide bonds. The number of benzene rings is 1. The number of nitrogens with one attached hydrogen (secondary N) is 1. The summed E-state index contributed by atoms with van der Waals surface area (Å²) in [5.41, 5.74) is 1.87. The van der Waals surface area contributed by atoms with Crippen LogP contribution in [0.4, 0.5) is 5.69 Å². The first kappa shape index (κ1) is 18.2. The number of amides is 2. The standard InChI is InChI=1S/C18H28N2O2/c1-5-7-13-20(12-6-2)18(22)17(21)19-16-10-8-15(9-11-16)14(3)4/h8-11,14H,5-7,12-13H2,1-4H3,(H,19,21). The number of carbonyl (C=O) groups is 2. The normalized spacial score (nSPS) is 10.6. The molecule has 0 aliphatic rings.